The number of aromatic nitrogens is 5. The number of hydrogen-bond donors (Lipinski definition) is 4. The lowest BCUT2D eigenvalue weighted by Gasteiger charge is -2.21. The lowest BCUT2D eigenvalue weighted by Crippen LogP contribution is -2.42. The number of hydrogen-bond acceptors (Lipinski definition) is 10. The molecule has 294 valence electrons. The third-order valence-corrected chi connectivity index (χ3v) is 9.77. The minimum absolute atomic E-state index is 0.0896. The highest BCUT2D eigenvalue weighted by atomic mass is 19.1. The van der Waals surface area contributed by atoms with Crippen LogP contribution in [0.25, 0.3) is 16.5 Å². The molecule has 2 aliphatic heterocycles. The molecular weight excluding hydrogens is 737 g/mol. The van der Waals surface area contributed by atoms with Gasteiger partial charge in [0.05, 0.1) is 46.6 Å². The van der Waals surface area contributed by atoms with Crippen LogP contribution in [0.2, 0.25) is 0 Å². The zero-order valence-corrected chi connectivity index (χ0v) is 31.3. The van der Waals surface area contributed by atoms with Crippen molar-refractivity contribution in [3.63, 3.8) is 0 Å². The number of carboxylic acid groups (broad SMARTS) is 1. The summed E-state index contributed by atoms with van der Waals surface area (Å²) in [6, 6.07) is 2.25. The number of nitrogens with zero attached hydrogens (tertiary/aromatic N) is 6. The number of rotatable bonds is 13. The van der Waals surface area contributed by atoms with Crippen LogP contribution in [-0.4, -0.2) is 73.0 Å². The second-order valence-electron chi connectivity index (χ2n) is 13.6. The first-order valence-corrected chi connectivity index (χ1v) is 18.2. The topological polar surface area (TPSA) is 185 Å². The summed E-state index contributed by atoms with van der Waals surface area (Å²) in [6.07, 6.45) is 18.4. The Hall–Kier alpha value is -6.68. The van der Waals surface area contributed by atoms with E-state index in [1.54, 1.807) is 18.5 Å². The van der Waals surface area contributed by atoms with Crippen LogP contribution in [0, 0.1) is 11.6 Å². The molecule has 0 aliphatic carbocycles. The third-order valence-electron chi connectivity index (χ3n) is 9.77. The number of piperidine rings is 1. The summed E-state index contributed by atoms with van der Waals surface area (Å²) in [5.41, 5.74) is 0.405. The van der Waals surface area contributed by atoms with Crippen molar-refractivity contribution in [2.24, 2.45) is 12.0 Å². The zero-order chi connectivity index (χ0) is 40.6. The van der Waals surface area contributed by atoms with E-state index in [1.807, 2.05) is 19.1 Å². The molecule has 0 spiro atoms. The van der Waals surface area contributed by atoms with Gasteiger partial charge in [0.2, 0.25) is 0 Å². The second-order valence-corrected chi connectivity index (χ2v) is 13.6. The normalized spacial score (nSPS) is 16.7. The molecule has 1 unspecified atom stereocenters. The molecule has 0 bridgehead atoms. The molecular formula is C41H41F2N9O5. The minimum atomic E-state index is -1.56. The molecule has 4 N–H and O–H groups in total. The number of dihydropyridines is 1. The SMILES string of the molecule is C=C/C(=C\C=C(/C)CCNc1cc(F)c(C(=O)N/C(=C/C2=NCC(n3c(=O)c4ccncc4n(C)c3=O)C=C2)C(=O)O)cc1F)c1cnc(C2CCNCC2)nc1. The average Bonchev–Trinajstić information content (AvgIpc) is 3.22. The molecule has 1 atom stereocenters. The third kappa shape index (κ3) is 9.24. The van der Waals surface area contributed by atoms with Crippen molar-refractivity contribution in [2.45, 2.75) is 38.1 Å². The van der Waals surface area contributed by atoms with Crippen molar-refractivity contribution < 1.29 is 23.5 Å². The Labute approximate surface area is 325 Å². The van der Waals surface area contributed by atoms with Crippen LogP contribution in [-0.2, 0) is 11.8 Å². The van der Waals surface area contributed by atoms with E-state index in [1.165, 1.54) is 42.2 Å². The van der Waals surface area contributed by atoms with Gasteiger partial charge < -0.3 is 21.1 Å². The first kappa shape index (κ1) is 40.0. The first-order valence-electron chi connectivity index (χ1n) is 18.2. The molecule has 16 heteroatoms. The zero-order valence-electron chi connectivity index (χ0n) is 31.3. The van der Waals surface area contributed by atoms with E-state index in [4.69, 9.17) is 0 Å². The lowest BCUT2D eigenvalue weighted by molar-refractivity contribution is -0.133. The Morgan fingerprint density at radius 2 is 1.84 bits per heavy atom. The summed E-state index contributed by atoms with van der Waals surface area (Å²) in [4.78, 5) is 68.5. The molecule has 4 aromatic rings. The number of carboxylic acids is 1. The predicted molar refractivity (Wildman–Crippen MR) is 213 cm³/mol. The van der Waals surface area contributed by atoms with Gasteiger partial charge in [-0.25, -0.2) is 28.3 Å². The van der Waals surface area contributed by atoms with E-state index in [0.29, 0.717) is 23.9 Å². The van der Waals surface area contributed by atoms with Gasteiger partial charge in [0.1, 0.15) is 23.2 Å². The quantitative estimate of drug-likeness (QED) is 0.111. The van der Waals surface area contributed by atoms with E-state index in [0.717, 1.165) is 65.2 Å². The average molecular weight is 778 g/mol. The van der Waals surface area contributed by atoms with Crippen LogP contribution in [0.3, 0.4) is 0 Å². The number of halogens is 2. The molecule has 57 heavy (non-hydrogen) atoms. The molecule has 1 saturated heterocycles. The van der Waals surface area contributed by atoms with Gasteiger partial charge in [-0.15, -0.1) is 0 Å². The van der Waals surface area contributed by atoms with Gasteiger partial charge >= 0.3 is 11.7 Å². The van der Waals surface area contributed by atoms with Crippen molar-refractivity contribution in [1.82, 2.24) is 34.7 Å². The number of nitrogens with one attached hydrogen (secondary N) is 3. The Kier molecular flexibility index (Phi) is 12.5. The van der Waals surface area contributed by atoms with Gasteiger partial charge in [-0.3, -0.25) is 28.7 Å². The van der Waals surface area contributed by atoms with Gasteiger partial charge in [-0.2, -0.15) is 0 Å². The standard InChI is InChI=1S/C41H41F2N9O5/c1-4-25(27-20-48-37(49-21-27)26-10-13-44-14-11-26)6-5-24(2)9-16-46-34-19-32(42)31(18-33(34)43)38(53)50-35(40(55)56)17-28-7-8-29(22-47-28)52-39(54)30-12-15-45-23-36(30)51(3)41(52)57/h4-8,12,15,17-21,23,26,29,44,46H,1,9-11,13-14,16,22H2,2-3H3,(H,50,53)(H,55,56)/b24-5+,25-6+,35-17+. The second kappa shape index (κ2) is 17.8. The minimum Gasteiger partial charge on any atom is -0.477 e. The van der Waals surface area contributed by atoms with Crippen molar-refractivity contribution in [3.05, 3.63) is 147 Å². The highest BCUT2D eigenvalue weighted by Gasteiger charge is 2.23. The lowest BCUT2D eigenvalue weighted by atomic mass is 9.97. The molecule has 0 radical (unpaired) electrons. The molecule has 1 aromatic carbocycles. The molecule has 0 saturated carbocycles. The molecule has 14 nitrogen and oxygen atoms in total. The van der Waals surface area contributed by atoms with E-state index >= 15 is 8.78 Å². The van der Waals surface area contributed by atoms with Crippen LogP contribution < -0.4 is 27.2 Å². The Morgan fingerprint density at radius 3 is 2.53 bits per heavy atom. The van der Waals surface area contributed by atoms with E-state index in [-0.39, 0.29) is 29.9 Å². The number of amides is 1. The summed E-state index contributed by atoms with van der Waals surface area (Å²) < 4.78 is 32.6. The predicted octanol–water partition coefficient (Wildman–Crippen LogP) is 4.60. The number of fused-ring (bicyclic) bond motifs is 1. The Morgan fingerprint density at radius 1 is 1.09 bits per heavy atom. The molecule has 2 aliphatic rings. The van der Waals surface area contributed by atoms with Crippen molar-refractivity contribution >= 4 is 39.8 Å². The molecule has 1 fully saturated rings. The maximum Gasteiger partial charge on any atom is 0.352 e. The highest BCUT2D eigenvalue weighted by Crippen LogP contribution is 2.24. The first-order chi connectivity index (χ1) is 27.4. The highest BCUT2D eigenvalue weighted by molar-refractivity contribution is 6.10. The number of allylic oxidation sites excluding steroid dienone is 6. The van der Waals surface area contributed by atoms with Crippen LogP contribution in [0.4, 0.5) is 14.5 Å². The van der Waals surface area contributed by atoms with E-state index < -0.39 is 52.1 Å². The maximum atomic E-state index is 15.1. The fraction of sp³-hybridized carbons (Fsp3) is 0.268. The number of pyridine rings is 1. The van der Waals surface area contributed by atoms with Crippen molar-refractivity contribution in [3.8, 4) is 0 Å². The number of aliphatic carboxylic acids is 1. The largest absolute Gasteiger partial charge is 0.477 e. The van der Waals surface area contributed by atoms with Gasteiger partial charge in [-0.1, -0.05) is 36.5 Å². The number of carbonyl (C=O) groups excluding carboxylic acids is 1. The molecule has 6 rings (SSSR count). The number of aliphatic imine (C=N–C) groups is 1. The summed E-state index contributed by atoms with van der Waals surface area (Å²) in [5, 5.41) is 18.4. The van der Waals surface area contributed by atoms with E-state index in [2.05, 4.69) is 42.5 Å². The van der Waals surface area contributed by atoms with Gasteiger partial charge in [-0.05, 0) is 69.1 Å². The number of anilines is 1. The fourth-order valence-electron chi connectivity index (χ4n) is 6.51. The number of aryl methyl sites for hydroxylation is 1. The number of benzene rings is 1. The van der Waals surface area contributed by atoms with Crippen LogP contribution in [0.5, 0.6) is 0 Å². The van der Waals surface area contributed by atoms with Gasteiger partial charge in [0.15, 0.2) is 0 Å². The smallest absolute Gasteiger partial charge is 0.352 e. The summed E-state index contributed by atoms with van der Waals surface area (Å²) in [6.45, 7) is 7.87. The summed E-state index contributed by atoms with van der Waals surface area (Å²) in [5.74, 6) is -3.56. The van der Waals surface area contributed by atoms with Crippen LogP contribution >= 0.6 is 0 Å². The van der Waals surface area contributed by atoms with Gasteiger partial charge in [0.25, 0.3) is 11.5 Å². The van der Waals surface area contributed by atoms with Gasteiger partial charge in [0, 0.05) is 49.7 Å². The molecule has 5 heterocycles. The molecule has 3 aromatic heterocycles. The monoisotopic (exact) mass is 777 g/mol. The molecule has 1 amide bonds. The maximum absolute atomic E-state index is 15.1. The Balaban J connectivity index is 1.06. The van der Waals surface area contributed by atoms with Crippen molar-refractivity contribution in [1.29, 1.82) is 0 Å². The summed E-state index contributed by atoms with van der Waals surface area (Å²) >= 11 is 0. The number of carbonyl (C=O) groups is 2. The summed E-state index contributed by atoms with van der Waals surface area (Å²) in [7, 11) is 1.51. The van der Waals surface area contributed by atoms with Crippen LogP contribution in [0.1, 0.15) is 59.9 Å². The van der Waals surface area contributed by atoms with Crippen molar-refractivity contribution in [2.75, 3.05) is 31.5 Å². The van der Waals surface area contributed by atoms with Crippen LogP contribution in [0.15, 0.2) is 112 Å². The Bertz CT molecular complexity index is 2490. The fourth-order valence-corrected chi connectivity index (χ4v) is 6.51. The van der Waals surface area contributed by atoms with E-state index in [9.17, 15) is 24.3 Å².